The highest BCUT2D eigenvalue weighted by molar-refractivity contribution is 5.96. The van der Waals surface area contributed by atoms with E-state index >= 15 is 0 Å². The molecule has 1 aliphatic rings. The normalized spacial score (nSPS) is 20.2. The van der Waals surface area contributed by atoms with Gasteiger partial charge in [-0.25, -0.2) is 4.39 Å². The summed E-state index contributed by atoms with van der Waals surface area (Å²) in [7, 11) is 1.62. The SMILES string of the molecule is Cc1cc(C)cc(NC(=O)[C@H]2OCC(=O)N(C)[C@@H]2c2ccc(F)cc2)c1. The number of morpholine rings is 1. The Morgan fingerprint density at radius 2 is 1.77 bits per heavy atom. The lowest BCUT2D eigenvalue weighted by Crippen LogP contribution is -2.51. The first-order chi connectivity index (χ1) is 12.3. The Kier molecular flexibility index (Phi) is 5.04. The monoisotopic (exact) mass is 356 g/mol. The first kappa shape index (κ1) is 18.1. The molecule has 1 N–H and O–H groups in total. The molecule has 0 saturated carbocycles. The minimum Gasteiger partial charge on any atom is -0.356 e. The highest BCUT2D eigenvalue weighted by atomic mass is 19.1. The number of rotatable bonds is 3. The van der Waals surface area contributed by atoms with Crippen LogP contribution in [-0.4, -0.2) is 36.5 Å². The predicted molar refractivity (Wildman–Crippen MR) is 96.2 cm³/mol. The molecule has 0 unspecified atom stereocenters. The second-order valence-electron chi connectivity index (χ2n) is 6.60. The van der Waals surface area contributed by atoms with Gasteiger partial charge in [0.2, 0.25) is 5.91 Å². The van der Waals surface area contributed by atoms with Crippen molar-refractivity contribution in [1.29, 1.82) is 0 Å². The number of halogens is 1. The number of hydrogen-bond donors (Lipinski definition) is 1. The van der Waals surface area contributed by atoms with Crippen molar-refractivity contribution in [1.82, 2.24) is 4.90 Å². The number of anilines is 1. The van der Waals surface area contributed by atoms with Crippen LogP contribution < -0.4 is 5.32 Å². The van der Waals surface area contributed by atoms with Gasteiger partial charge in [-0.1, -0.05) is 18.2 Å². The predicted octanol–water partition coefficient (Wildman–Crippen LogP) is 2.98. The second kappa shape index (κ2) is 7.25. The van der Waals surface area contributed by atoms with Crippen molar-refractivity contribution in [2.75, 3.05) is 19.0 Å². The molecule has 2 aromatic carbocycles. The molecule has 1 heterocycles. The van der Waals surface area contributed by atoms with Crippen LogP contribution in [0.4, 0.5) is 10.1 Å². The van der Waals surface area contributed by atoms with Gasteiger partial charge in [0.15, 0.2) is 6.10 Å². The number of benzene rings is 2. The number of likely N-dealkylation sites (N-methyl/N-ethyl adjacent to an activating group) is 1. The number of aryl methyl sites for hydroxylation is 2. The lowest BCUT2D eigenvalue weighted by atomic mass is 9.97. The van der Waals surface area contributed by atoms with Gasteiger partial charge in [-0.3, -0.25) is 9.59 Å². The molecule has 6 heteroatoms. The first-order valence-corrected chi connectivity index (χ1v) is 8.37. The topological polar surface area (TPSA) is 58.6 Å². The van der Waals surface area contributed by atoms with Crippen LogP contribution in [0.1, 0.15) is 22.7 Å². The van der Waals surface area contributed by atoms with Gasteiger partial charge in [0.25, 0.3) is 5.91 Å². The molecule has 1 saturated heterocycles. The highest BCUT2D eigenvalue weighted by Crippen LogP contribution is 2.30. The minimum atomic E-state index is -0.885. The Labute approximate surface area is 151 Å². The summed E-state index contributed by atoms with van der Waals surface area (Å²) in [6.45, 7) is 3.74. The number of nitrogens with one attached hydrogen (secondary N) is 1. The maximum Gasteiger partial charge on any atom is 0.256 e. The fourth-order valence-corrected chi connectivity index (χ4v) is 3.25. The summed E-state index contributed by atoms with van der Waals surface area (Å²) >= 11 is 0. The molecular weight excluding hydrogens is 335 g/mol. The van der Waals surface area contributed by atoms with Crippen molar-refractivity contribution >= 4 is 17.5 Å². The van der Waals surface area contributed by atoms with Gasteiger partial charge in [-0.05, 0) is 54.8 Å². The van der Waals surface area contributed by atoms with Crippen LogP contribution in [0, 0.1) is 19.7 Å². The van der Waals surface area contributed by atoms with E-state index in [0.29, 0.717) is 11.3 Å². The molecule has 2 aromatic rings. The summed E-state index contributed by atoms with van der Waals surface area (Å²) in [6.07, 6.45) is -0.885. The molecule has 136 valence electrons. The van der Waals surface area contributed by atoms with E-state index < -0.39 is 12.1 Å². The molecule has 0 aromatic heterocycles. The van der Waals surface area contributed by atoms with Crippen LogP contribution in [0.5, 0.6) is 0 Å². The van der Waals surface area contributed by atoms with Crippen LogP contribution in [0.2, 0.25) is 0 Å². The number of nitrogens with zero attached hydrogens (tertiary/aromatic N) is 1. The molecule has 0 spiro atoms. The fraction of sp³-hybridized carbons (Fsp3) is 0.300. The number of ether oxygens (including phenoxy) is 1. The summed E-state index contributed by atoms with van der Waals surface area (Å²) in [6, 6.07) is 10.9. The summed E-state index contributed by atoms with van der Waals surface area (Å²) in [5.41, 5.74) is 3.38. The van der Waals surface area contributed by atoms with Gasteiger partial charge >= 0.3 is 0 Å². The molecular formula is C20H21FN2O3. The van der Waals surface area contributed by atoms with E-state index in [0.717, 1.165) is 11.1 Å². The van der Waals surface area contributed by atoms with Crippen molar-refractivity contribution in [3.05, 3.63) is 65.0 Å². The maximum absolute atomic E-state index is 13.3. The standard InChI is InChI=1S/C20H21FN2O3/c1-12-8-13(2)10-16(9-12)22-20(25)19-18(23(3)17(24)11-26-19)14-4-6-15(21)7-5-14/h4-10,18-19H,11H2,1-3H3,(H,22,25)/t18-,19+/m1/s1. The quantitative estimate of drug-likeness (QED) is 0.920. The zero-order chi connectivity index (χ0) is 18.8. The summed E-state index contributed by atoms with van der Waals surface area (Å²) in [5, 5.41) is 2.86. The molecule has 2 atom stereocenters. The molecule has 3 rings (SSSR count). The molecule has 0 radical (unpaired) electrons. The van der Waals surface area contributed by atoms with E-state index in [1.165, 1.54) is 17.0 Å². The van der Waals surface area contributed by atoms with Gasteiger partial charge in [-0.15, -0.1) is 0 Å². The lowest BCUT2D eigenvalue weighted by Gasteiger charge is -2.38. The summed E-state index contributed by atoms with van der Waals surface area (Å²) in [4.78, 5) is 26.4. The summed E-state index contributed by atoms with van der Waals surface area (Å²) < 4.78 is 18.8. The number of amides is 2. The molecule has 1 aliphatic heterocycles. The zero-order valence-electron chi connectivity index (χ0n) is 15.0. The molecule has 0 aliphatic carbocycles. The largest absolute Gasteiger partial charge is 0.356 e. The van der Waals surface area contributed by atoms with E-state index in [2.05, 4.69) is 5.32 Å². The Balaban J connectivity index is 1.88. The van der Waals surface area contributed by atoms with Crippen LogP contribution in [-0.2, 0) is 14.3 Å². The molecule has 1 fully saturated rings. The average molecular weight is 356 g/mol. The number of carbonyl (C=O) groups excluding carboxylic acids is 2. The fourth-order valence-electron chi connectivity index (χ4n) is 3.25. The van der Waals surface area contributed by atoms with Crippen LogP contribution in [0.15, 0.2) is 42.5 Å². The lowest BCUT2D eigenvalue weighted by molar-refractivity contribution is -0.160. The average Bonchev–Trinajstić information content (AvgIpc) is 2.57. The third-order valence-electron chi connectivity index (χ3n) is 4.44. The maximum atomic E-state index is 13.3. The Hall–Kier alpha value is -2.73. The van der Waals surface area contributed by atoms with E-state index in [9.17, 15) is 14.0 Å². The van der Waals surface area contributed by atoms with Crippen LogP contribution >= 0.6 is 0 Å². The molecule has 0 bridgehead atoms. The smallest absolute Gasteiger partial charge is 0.256 e. The van der Waals surface area contributed by atoms with Crippen molar-refractivity contribution in [2.24, 2.45) is 0 Å². The van der Waals surface area contributed by atoms with Crippen molar-refractivity contribution in [3.8, 4) is 0 Å². The van der Waals surface area contributed by atoms with Crippen molar-refractivity contribution in [3.63, 3.8) is 0 Å². The van der Waals surface area contributed by atoms with Gasteiger partial charge in [0, 0.05) is 12.7 Å². The van der Waals surface area contributed by atoms with E-state index in [-0.39, 0.29) is 24.2 Å². The molecule has 5 nitrogen and oxygen atoms in total. The van der Waals surface area contributed by atoms with Crippen LogP contribution in [0.25, 0.3) is 0 Å². The van der Waals surface area contributed by atoms with Gasteiger partial charge in [0.05, 0.1) is 6.04 Å². The third kappa shape index (κ3) is 3.75. The molecule has 2 amide bonds. The summed E-state index contributed by atoms with van der Waals surface area (Å²) in [5.74, 6) is -0.950. The van der Waals surface area contributed by atoms with Gasteiger partial charge in [-0.2, -0.15) is 0 Å². The third-order valence-corrected chi connectivity index (χ3v) is 4.44. The van der Waals surface area contributed by atoms with Gasteiger partial charge < -0.3 is 15.0 Å². The highest BCUT2D eigenvalue weighted by Gasteiger charge is 2.40. The molecule has 26 heavy (non-hydrogen) atoms. The Morgan fingerprint density at radius 3 is 2.38 bits per heavy atom. The van der Waals surface area contributed by atoms with Crippen molar-refractivity contribution in [2.45, 2.75) is 26.0 Å². The van der Waals surface area contributed by atoms with E-state index in [4.69, 9.17) is 4.74 Å². The van der Waals surface area contributed by atoms with Gasteiger partial charge in [0.1, 0.15) is 12.4 Å². The Bertz CT molecular complexity index is 815. The second-order valence-corrected chi connectivity index (χ2v) is 6.60. The van der Waals surface area contributed by atoms with E-state index in [1.807, 2.05) is 32.0 Å². The zero-order valence-corrected chi connectivity index (χ0v) is 15.0. The van der Waals surface area contributed by atoms with Crippen molar-refractivity contribution < 1.29 is 18.7 Å². The first-order valence-electron chi connectivity index (χ1n) is 8.37. The van der Waals surface area contributed by atoms with E-state index in [1.54, 1.807) is 19.2 Å². The van der Waals surface area contributed by atoms with Crippen LogP contribution in [0.3, 0.4) is 0 Å². The number of carbonyl (C=O) groups is 2. The number of hydrogen-bond acceptors (Lipinski definition) is 3. The Morgan fingerprint density at radius 1 is 1.15 bits per heavy atom. The minimum absolute atomic E-state index is 0.168.